The largest absolute Gasteiger partial charge is 0.387 e. The third-order valence-electron chi connectivity index (χ3n) is 7.80. The quantitative estimate of drug-likeness (QED) is 0.663. The van der Waals surface area contributed by atoms with E-state index >= 15 is 0 Å². The molecule has 3 heterocycles. The van der Waals surface area contributed by atoms with Crippen molar-refractivity contribution in [3.05, 3.63) is 52.2 Å². The van der Waals surface area contributed by atoms with Crippen LogP contribution in [0.25, 0.3) is 0 Å². The van der Waals surface area contributed by atoms with E-state index in [4.69, 9.17) is 11.6 Å². The Morgan fingerprint density at radius 2 is 2.00 bits per heavy atom. The lowest BCUT2D eigenvalue weighted by atomic mass is 9.88. The number of nitrogens with one attached hydrogen (secondary N) is 1. The fourth-order valence-corrected chi connectivity index (χ4v) is 6.07. The SMILES string of the molecule is C[C@@H]1C[C@@H](O)c2ncnc(N3CCN(C(=O)C(c4ccc(Cl)c(F)c4)C4CCC(C)(C)N4)CC3)c21. The van der Waals surface area contributed by atoms with E-state index in [1.165, 1.54) is 18.5 Å². The number of amides is 1. The van der Waals surface area contributed by atoms with Crippen molar-refractivity contribution in [2.75, 3.05) is 31.1 Å². The molecule has 35 heavy (non-hydrogen) atoms. The maximum atomic E-state index is 14.4. The molecule has 1 aliphatic carbocycles. The van der Waals surface area contributed by atoms with Crippen LogP contribution in [0.3, 0.4) is 0 Å². The molecule has 2 unspecified atom stereocenters. The number of fused-ring (bicyclic) bond motifs is 1. The number of carbonyl (C=O) groups excluding carboxylic acids is 1. The molecule has 4 atom stereocenters. The molecule has 2 saturated heterocycles. The van der Waals surface area contributed by atoms with Gasteiger partial charge in [0, 0.05) is 43.3 Å². The minimum atomic E-state index is -0.548. The molecule has 2 N–H and O–H groups in total. The molecule has 0 bridgehead atoms. The van der Waals surface area contributed by atoms with Crippen LogP contribution in [-0.4, -0.2) is 63.6 Å². The van der Waals surface area contributed by atoms with Gasteiger partial charge in [0.15, 0.2) is 0 Å². The van der Waals surface area contributed by atoms with Gasteiger partial charge in [0.05, 0.1) is 22.7 Å². The molecule has 2 aliphatic heterocycles. The van der Waals surface area contributed by atoms with Crippen LogP contribution in [0, 0.1) is 5.82 Å². The molecule has 5 rings (SSSR count). The number of piperazine rings is 1. The molecule has 0 spiro atoms. The number of halogens is 2. The highest BCUT2D eigenvalue weighted by Crippen LogP contribution is 2.43. The zero-order chi connectivity index (χ0) is 24.9. The van der Waals surface area contributed by atoms with E-state index < -0.39 is 17.8 Å². The van der Waals surface area contributed by atoms with Crippen LogP contribution >= 0.6 is 11.6 Å². The number of rotatable bonds is 4. The summed E-state index contributed by atoms with van der Waals surface area (Å²) in [4.78, 5) is 26.8. The van der Waals surface area contributed by atoms with Crippen molar-refractivity contribution in [1.29, 1.82) is 0 Å². The van der Waals surface area contributed by atoms with Gasteiger partial charge in [-0.3, -0.25) is 4.79 Å². The van der Waals surface area contributed by atoms with E-state index in [9.17, 15) is 14.3 Å². The number of nitrogens with zero attached hydrogens (tertiary/aromatic N) is 4. The summed E-state index contributed by atoms with van der Waals surface area (Å²) in [6, 6.07) is 4.65. The summed E-state index contributed by atoms with van der Waals surface area (Å²) in [5.41, 5.74) is 2.33. The molecule has 1 aromatic carbocycles. The number of hydrogen-bond acceptors (Lipinski definition) is 6. The van der Waals surface area contributed by atoms with Gasteiger partial charge in [-0.15, -0.1) is 0 Å². The van der Waals surface area contributed by atoms with Gasteiger partial charge in [-0.2, -0.15) is 0 Å². The maximum Gasteiger partial charge on any atom is 0.231 e. The molecule has 3 aliphatic rings. The van der Waals surface area contributed by atoms with E-state index in [1.54, 1.807) is 6.07 Å². The Morgan fingerprint density at radius 3 is 2.66 bits per heavy atom. The summed E-state index contributed by atoms with van der Waals surface area (Å²) in [5.74, 6) is 0.0864. The summed E-state index contributed by atoms with van der Waals surface area (Å²) in [5, 5.41) is 14.0. The normalized spacial score (nSPS) is 26.6. The van der Waals surface area contributed by atoms with Gasteiger partial charge in [0.2, 0.25) is 5.91 Å². The first kappa shape index (κ1) is 24.4. The fraction of sp³-hybridized carbons (Fsp3) is 0.577. The number of hydrogen-bond donors (Lipinski definition) is 2. The first-order valence-electron chi connectivity index (χ1n) is 12.4. The van der Waals surface area contributed by atoms with Gasteiger partial charge < -0.3 is 20.2 Å². The van der Waals surface area contributed by atoms with Crippen molar-refractivity contribution >= 4 is 23.3 Å². The van der Waals surface area contributed by atoms with Crippen LogP contribution < -0.4 is 10.2 Å². The van der Waals surface area contributed by atoms with Gasteiger partial charge in [0.1, 0.15) is 18.0 Å². The number of aromatic nitrogens is 2. The number of anilines is 1. The smallest absolute Gasteiger partial charge is 0.231 e. The summed E-state index contributed by atoms with van der Waals surface area (Å²) in [6.07, 6.45) is 3.43. The average molecular weight is 502 g/mol. The van der Waals surface area contributed by atoms with Crippen LogP contribution in [0.5, 0.6) is 0 Å². The Labute approximate surface area is 210 Å². The summed E-state index contributed by atoms with van der Waals surface area (Å²) < 4.78 is 14.4. The average Bonchev–Trinajstić information content (AvgIpc) is 3.34. The summed E-state index contributed by atoms with van der Waals surface area (Å²) in [6.45, 7) is 8.75. The maximum absolute atomic E-state index is 14.4. The lowest BCUT2D eigenvalue weighted by Crippen LogP contribution is -2.53. The molecular formula is C26H33ClFN5O2. The highest BCUT2D eigenvalue weighted by atomic mass is 35.5. The zero-order valence-corrected chi connectivity index (χ0v) is 21.2. The van der Waals surface area contributed by atoms with Gasteiger partial charge >= 0.3 is 0 Å². The highest BCUT2D eigenvalue weighted by molar-refractivity contribution is 6.30. The predicted octanol–water partition coefficient (Wildman–Crippen LogP) is 3.77. The van der Waals surface area contributed by atoms with Crippen molar-refractivity contribution in [3.63, 3.8) is 0 Å². The van der Waals surface area contributed by atoms with E-state index in [1.807, 2.05) is 4.90 Å². The Morgan fingerprint density at radius 1 is 1.26 bits per heavy atom. The molecule has 0 radical (unpaired) electrons. The van der Waals surface area contributed by atoms with Crippen molar-refractivity contribution in [1.82, 2.24) is 20.2 Å². The first-order chi connectivity index (χ1) is 16.6. The third-order valence-corrected chi connectivity index (χ3v) is 8.10. The van der Waals surface area contributed by atoms with Crippen molar-refractivity contribution in [2.24, 2.45) is 0 Å². The van der Waals surface area contributed by atoms with Crippen LogP contribution in [0.2, 0.25) is 5.02 Å². The fourth-order valence-electron chi connectivity index (χ4n) is 5.95. The molecule has 2 fully saturated rings. The van der Waals surface area contributed by atoms with E-state index in [2.05, 4.69) is 41.0 Å². The minimum absolute atomic E-state index is 0.0123. The van der Waals surface area contributed by atoms with E-state index in [0.29, 0.717) is 38.2 Å². The van der Waals surface area contributed by atoms with Crippen LogP contribution in [0.15, 0.2) is 24.5 Å². The third kappa shape index (κ3) is 4.63. The molecular weight excluding hydrogens is 469 g/mol. The predicted molar refractivity (Wildman–Crippen MR) is 133 cm³/mol. The van der Waals surface area contributed by atoms with E-state index in [0.717, 1.165) is 29.9 Å². The standard InChI is InChI=1S/C26H33ClFN5O2/c1-15-12-20(34)23-21(15)24(30-14-29-23)32-8-10-33(11-9-32)25(35)22(19-6-7-26(2,3)31-19)16-4-5-17(27)18(28)13-16/h4-5,13-15,19-20,22,31,34H,6-12H2,1-3H3/t15-,19?,20-,22?/m1/s1. The zero-order valence-electron chi connectivity index (χ0n) is 20.5. The summed E-state index contributed by atoms with van der Waals surface area (Å²) >= 11 is 5.93. The molecule has 7 nitrogen and oxygen atoms in total. The Balaban J connectivity index is 1.35. The first-order valence-corrected chi connectivity index (χ1v) is 12.8. The van der Waals surface area contributed by atoms with Gasteiger partial charge in [-0.25, -0.2) is 14.4 Å². The summed E-state index contributed by atoms with van der Waals surface area (Å²) in [7, 11) is 0. The molecule has 188 valence electrons. The lowest BCUT2D eigenvalue weighted by Gasteiger charge is -2.39. The van der Waals surface area contributed by atoms with Gasteiger partial charge in [-0.1, -0.05) is 24.6 Å². The number of aliphatic hydroxyl groups excluding tert-OH is 1. The topological polar surface area (TPSA) is 81.6 Å². The monoisotopic (exact) mass is 501 g/mol. The highest BCUT2D eigenvalue weighted by Gasteiger charge is 2.41. The Bertz CT molecular complexity index is 1120. The molecule has 2 aromatic rings. The minimum Gasteiger partial charge on any atom is -0.387 e. The number of benzene rings is 1. The van der Waals surface area contributed by atoms with Gasteiger partial charge in [-0.05, 0) is 56.7 Å². The van der Waals surface area contributed by atoms with Crippen molar-refractivity contribution in [3.8, 4) is 0 Å². The second-order valence-corrected chi connectivity index (χ2v) is 11.2. The molecule has 0 saturated carbocycles. The second kappa shape index (κ2) is 9.30. The molecule has 1 aromatic heterocycles. The Hall–Kier alpha value is -2.29. The lowest BCUT2D eigenvalue weighted by molar-refractivity contribution is -0.133. The molecule has 9 heteroatoms. The van der Waals surface area contributed by atoms with E-state index in [-0.39, 0.29) is 28.4 Å². The molecule has 1 amide bonds. The number of carbonyl (C=O) groups is 1. The van der Waals surface area contributed by atoms with Crippen LogP contribution in [-0.2, 0) is 4.79 Å². The number of aliphatic hydroxyl groups is 1. The van der Waals surface area contributed by atoms with Crippen LogP contribution in [0.4, 0.5) is 10.2 Å². The Kier molecular flexibility index (Phi) is 6.48. The van der Waals surface area contributed by atoms with Crippen LogP contribution in [0.1, 0.15) is 74.8 Å². The van der Waals surface area contributed by atoms with Crippen molar-refractivity contribution in [2.45, 2.75) is 69.6 Å². The second-order valence-electron chi connectivity index (χ2n) is 10.8. The van der Waals surface area contributed by atoms with Crippen molar-refractivity contribution < 1.29 is 14.3 Å². The van der Waals surface area contributed by atoms with Gasteiger partial charge in [0.25, 0.3) is 0 Å².